The number of aromatic nitrogens is 3. The predicted octanol–water partition coefficient (Wildman–Crippen LogP) is 2.17. The van der Waals surface area contributed by atoms with E-state index in [0.29, 0.717) is 17.3 Å². The quantitative estimate of drug-likeness (QED) is 0.772. The van der Waals surface area contributed by atoms with Gasteiger partial charge in [-0.3, -0.25) is 0 Å². The maximum Gasteiger partial charge on any atom is 0.490 e. The predicted molar refractivity (Wildman–Crippen MR) is 73.9 cm³/mol. The highest BCUT2D eigenvalue weighted by Gasteiger charge is 2.49. The Balaban J connectivity index is 0.000000193. The molecule has 1 spiro atoms. The van der Waals surface area contributed by atoms with Crippen LogP contribution in [0, 0.1) is 5.41 Å². The van der Waals surface area contributed by atoms with Crippen molar-refractivity contribution in [3.63, 3.8) is 0 Å². The molecule has 128 valence electrons. The Labute approximate surface area is 130 Å². The number of carboxylic acids is 1. The van der Waals surface area contributed by atoms with Crippen LogP contribution in [0.25, 0.3) is 0 Å². The lowest BCUT2D eigenvalue weighted by Crippen LogP contribution is -2.59. The van der Waals surface area contributed by atoms with Crippen LogP contribution in [0.5, 0.6) is 0 Å². The summed E-state index contributed by atoms with van der Waals surface area (Å²) in [6, 6.07) is 0. The van der Waals surface area contributed by atoms with Crippen molar-refractivity contribution < 1.29 is 23.1 Å². The van der Waals surface area contributed by atoms with Crippen molar-refractivity contribution in [1.82, 2.24) is 20.5 Å². The Morgan fingerprint density at radius 2 is 1.65 bits per heavy atom. The second kappa shape index (κ2) is 5.77. The summed E-state index contributed by atoms with van der Waals surface area (Å²) in [5, 5.41) is 19.1. The van der Waals surface area contributed by atoms with E-state index >= 15 is 0 Å². The smallest absolute Gasteiger partial charge is 0.475 e. The Hall–Kier alpha value is -1.64. The zero-order chi connectivity index (χ0) is 16.7. The van der Waals surface area contributed by atoms with Crippen LogP contribution >= 0.6 is 0 Å². The number of hydrogen-bond acceptors (Lipinski definition) is 4. The summed E-state index contributed by atoms with van der Waals surface area (Å²) in [5.41, 5.74) is 0.633. The third-order valence-corrected chi connectivity index (χ3v) is 5.00. The summed E-state index contributed by atoms with van der Waals surface area (Å²) in [6.45, 7) is 2.43. The number of H-pyrrole nitrogens is 1. The van der Waals surface area contributed by atoms with Crippen LogP contribution in [-0.4, -0.2) is 45.5 Å². The zero-order valence-corrected chi connectivity index (χ0v) is 12.5. The highest BCUT2D eigenvalue weighted by molar-refractivity contribution is 5.73. The van der Waals surface area contributed by atoms with E-state index in [2.05, 4.69) is 20.5 Å². The van der Waals surface area contributed by atoms with E-state index in [1.165, 1.54) is 45.2 Å². The van der Waals surface area contributed by atoms with Gasteiger partial charge < -0.3 is 15.4 Å². The van der Waals surface area contributed by atoms with Crippen LogP contribution in [0.1, 0.15) is 55.6 Å². The maximum atomic E-state index is 10.6. The Morgan fingerprint density at radius 1 is 1.13 bits per heavy atom. The fraction of sp³-hybridized carbons (Fsp3) is 0.786. The van der Waals surface area contributed by atoms with E-state index in [-0.39, 0.29) is 0 Å². The third kappa shape index (κ3) is 3.34. The molecule has 0 bridgehead atoms. The number of carbonyl (C=O) groups is 1. The molecule has 0 aromatic carbocycles. The van der Waals surface area contributed by atoms with Crippen molar-refractivity contribution in [1.29, 1.82) is 0 Å². The summed E-state index contributed by atoms with van der Waals surface area (Å²) in [4.78, 5) is 12.4. The van der Waals surface area contributed by atoms with Crippen molar-refractivity contribution in [3.05, 3.63) is 11.6 Å². The lowest BCUT2D eigenvalue weighted by molar-refractivity contribution is -0.192. The standard InChI is InChI=1S/C12H18N4.C2HF3O2/c1-2-8(3-1)10-14-11(16-15-10)9-4-12(5-9)6-13-7-12;3-2(4,5)1(6)7/h8-9,13H,1-7H2,(H,14,15,16);(H,6,7). The number of rotatable bonds is 2. The lowest BCUT2D eigenvalue weighted by atomic mass is 9.58. The average Bonchev–Trinajstić information content (AvgIpc) is 2.71. The summed E-state index contributed by atoms with van der Waals surface area (Å²) >= 11 is 0. The minimum atomic E-state index is -5.08. The first-order chi connectivity index (χ1) is 10.8. The molecular weight excluding hydrogens is 313 g/mol. The Morgan fingerprint density at radius 3 is 2.00 bits per heavy atom. The lowest BCUT2D eigenvalue weighted by Gasteiger charge is -2.53. The van der Waals surface area contributed by atoms with Crippen molar-refractivity contribution in [2.75, 3.05) is 13.1 Å². The van der Waals surface area contributed by atoms with Crippen LogP contribution in [0.15, 0.2) is 0 Å². The number of halogens is 3. The Bertz CT molecular complexity index is 571. The highest BCUT2D eigenvalue weighted by Crippen LogP contribution is 2.52. The molecule has 1 aliphatic heterocycles. The fourth-order valence-corrected chi connectivity index (χ4v) is 3.28. The summed E-state index contributed by atoms with van der Waals surface area (Å²) in [6.07, 6.45) is 1.48. The molecule has 0 amide bonds. The summed E-state index contributed by atoms with van der Waals surface area (Å²) < 4.78 is 31.7. The van der Waals surface area contributed by atoms with E-state index in [9.17, 15) is 13.2 Å². The minimum absolute atomic E-state index is 0.633. The number of hydrogen-bond donors (Lipinski definition) is 3. The van der Waals surface area contributed by atoms with Gasteiger partial charge in [0.25, 0.3) is 0 Å². The molecule has 2 aliphatic carbocycles. The molecule has 6 nitrogen and oxygen atoms in total. The van der Waals surface area contributed by atoms with Crippen LogP contribution in [0.3, 0.4) is 0 Å². The van der Waals surface area contributed by atoms with E-state index in [0.717, 1.165) is 11.6 Å². The molecule has 0 radical (unpaired) electrons. The minimum Gasteiger partial charge on any atom is -0.475 e. The van der Waals surface area contributed by atoms with Gasteiger partial charge in [0.15, 0.2) is 0 Å². The molecule has 4 rings (SSSR count). The molecule has 0 unspecified atom stereocenters. The molecule has 23 heavy (non-hydrogen) atoms. The normalized spacial score (nSPS) is 23.3. The van der Waals surface area contributed by atoms with Gasteiger partial charge in [0.1, 0.15) is 11.6 Å². The van der Waals surface area contributed by atoms with Gasteiger partial charge in [0.2, 0.25) is 0 Å². The van der Waals surface area contributed by atoms with E-state index < -0.39 is 12.1 Å². The van der Waals surface area contributed by atoms with Crippen molar-refractivity contribution in [2.45, 2.75) is 50.1 Å². The zero-order valence-electron chi connectivity index (χ0n) is 12.5. The van der Waals surface area contributed by atoms with Gasteiger partial charge in [0.05, 0.1) is 0 Å². The topological polar surface area (TPSA) is 90.9 Å². The first-order valence-corrected chi connectivity index (χ1v) is 7.72. The van der Waals surface area contributed by atoms with Gasteiger partial charge in [-0.15, -0.1) is 10.2 Å². The van der Waals surface area contributed by atoms with E-state index in [1.54, 1.807) is 0 Å². The van der Waals surface area contributed by atoms with Gasteiger partial charge in [-0.25, -0.2) is 4.79 Å². The molecule has 2 saturated carbocycles. The molecule has 3 N–H and O–H groups in total. The molecule has 1 aromatic heterocycles. The number of carboxylic acid groups (broad SMARTS) is 1. The first kappa shape index (κ1) is 16.2. The Kier molecular flexibility index (Phi) is 4.07. The average molecular weight is 332 g/mol. The molecule has 1 saturated heterocycles. The number of nitrogens with zero attached hydrogens (tertiary/aromatic N) is 2. The van der Waals surface area contributed by atoms with Crippen LogP contribution in [0.4, 0.5) is 13.2 Å². The molecule has 0 atom stereocenters. The van der Waals surface area contributed by atoms with Gasteiger partial charge >= 0.3 is 12.1 Å². The summed E-state index contributed by atoms with van der Waals surface area (Å²) in [7, 11) is 0. The highest BCUT2D eigenvalue weighted by atomic mass is 19.4. The second-order valence-electron chi connectivity index (χ2n) is 6.73. The molecule has 2 heterocycles. The van der Waals surface area contributed by atoms with E-state index in [4.69, 9.17) is 9.90 Å². The molecule has 3 fully saturated rings. The van der Waals surface area contributed by atoms with Gasteiger partial charge in [0, 0.05) is 24.9 Å². The first-order valence-electron chi connectivity index (χ1n) is 7.72. The van der Waals surface area contributed by atoms with Crippen molar-refractivity contribution in [2.24, 2.45) is 5.41 Å². The SMILES string of the molecule is C1CC(c2nnc(C3CC4(CNC4)C3)[nH]2)C1.O=C(O)C(F)(F)F. The number of nitrogens with one attached hydrogen (secondary N) is 2. The van der Waals surface area contributed by atoms with Crippen molar-refractivity contribution in [3.8, 4) is 0 Å². The second-order valence-corrected chi connectivity index (χ2v) is 6.73. The van der Waals surface area contributed by atoms with Crippen LogP contribution in [-0.2, 0) is 4.79 Å². The summed E-state index contributed by atoms with van der Waals surface area (Å²) in [5.74, 6) is 0.880. The fourth-order valence-electron chi connectivity index (χ4n) is 3.28. The van der Waals surface area contributed by atoms with Gasteiger partial charge in [-0.2, -0.15) is 13.2 Å². The maximum absolute atomic E-state index is 10.6. The third-order valence-electron chi connectivity index (χ3n) is 5.00. The monoisotopic (exact) mass is 332 g/mol. The van der Waals surface area contributed by atoms with Crippen LogP contribution in [0.2, 0.25) is 0 Å². The molecule has 3 aliphatic rings. The number of alkyl halides is 3. The van der Waals surface area contributed by atoms with Crippen molar-refractivity contribution >= 4 is 5.97 Å². The van der Waals surface area contributed by atoms with Gasteiger partial charge in [-0.1, -0.05) is 6.42 Å². The molecule has 9 heteroatoms. The van der Waals surface area contributed by atoms with Crippen LogP contribution < -0.4 is 5.32 Å². The number of aliphatic carboxylic acids is 1. The molecule has 1 aromatic rings. The van der Waals surface area contributed by atoms with E-state index in [1.807, 2.05) is 0 Å². The van der Waals surface area contributed by atoms with Gasteiger partial charge in [-0.05, 0) is 31.1 Å². The molecular formula is C14H19F3N4O2. The number of aromatic amines is 1. The largest absolute Gasteiger partial charge is 0.490 e.